The van der Waals surface area contributed by atoms with E-state index >= 15 is 26.3 Å². The number of hydrogen-bond donors (Lipinski definition) is 2. The van der Waals surface area contributed by atoms with E-state index in [1.54, 1.807) is 26.0 Å². The second kappa shape index (κ2) is 23.7. The quantitative estimate of drug-likeness (QED) is 0.0445. The van der Waals surface area contributed by atoms with Gasteiger partial charge in [-0.15, -0.1) is 0 Å². The minimum atomic E-state index is -1.75. The summed E-state index contributed by atoms with van der Waals surface area (Å²) in [5, 5.41) is 28.4. The maximum Gasteiger partial charge on any atom is 0.195 e. The molecule has 0 amide bonds. The van der Waals surface area contributed by atoms with Gasteiger partial charge in [0.05, 0.1) is 57.8 Å². The Balaban J connectivity index is 0.00000345. The first kappa shape index (κ1) is 65.6. The number of aromatic nitrogens is 2. The van der Waals surface area contributed by atoms with Crippen LogP contribution in [0.3, 0.4) is 0 Å². The van der Waals surface area contributed by atoms with E-state index in [1.165, 1.54) is 12.1 Å². The average Bonchev–Trinajstić information content (AvgIpc) is 1.96. The summed E-state index contributed by atoms with van der Waals surface area (Å²) in [6, 6.07) is 32.7. The van der Waals surface area contributed by atoms with Gasteiger partial charge < -0.3 is 43.7 Å². The molecule has 10 rings (SSSR count). The average molecular weight is 1330 g/mol. The SMILES string of the molecule is Cc1cc(-c2c(OCCCCOc3cc(F)c(F)c(F)c3-c3cc(C)cc(-n4c5ccc(C(C)(C)C)cc5c5cc(C(C)(C)C)ccc54)c3O)cc(F)c(F)c2F)c(O)c(-n2c3ccc(C(C)(C)C)cc3c3cc(C(C)(C)C)ccc32)c1.[CH3-].[CH3-].[Hf]. The molecule has 0 bridgehead atoms. The molecule has 10 aromatic rings. The molecule has 0 unspecified atom stereocenters. The molecular formula is C72H76F6HfN2O4-2. The van der Waals surface area contributed by atoms with Gasteiger partial charge in [-0.3, -0.25) is 0 Å². The predicted octanol–water partition coefficient (Wildman–Crippen LogP) is 20.4. The van der Waals surface area contributed by atoms with E-state index in [9.17, 15) is 10.2 Å². The molecule has 2 aromatic heterocycles. The number of unbranched alkanes of at least 4 members (excludes halogenated alkanes) is 1. The molecule has 13 heteroatoms. The van der Waals surface area contributed by atoms with Gasteiger partial charge in [0.2, 0.25) is 0 Å². The van der Waals surface area contributed by atoms with E-state index in [0.29, 0.717) is 11.1 Å². The molecule has 0 aliphatic heterocycles. The van der Waals surface area contributed by atoms with Crippen LogP contribution in [0.25, 0.3) is 77.2 Å². The van der Waals surface area contributed by atoms with Crippen molar-refractivity contribution < 1.29 is 71.9 Å². The van der Waals surface area contributed by atoms with Gasteiger partial charge in [-0.25, -0.2) is 26.3 Å². The summed E-state index contributed by atoms with van der Waals surface area (Å²) in [5.41, 5.74) is 7.30. The number of benzene rings is 8. The van der Waals surface area contributed by atoms with Crippen LogP contribution < -0.4 is 9.47 Å². The minimum absolute atomic E-state index is 0. The zero-order chi connectivity index (χ0) is 59.4. The van der Waals surface area contributed by atoms with Crippen LogP contribution >= 0.6 is 0 Å². The van der Waals surface area contributed by atoms with Crippen molar-refractivity contribution in [3.8, 4) is 56.6 Å². The van der Waals surface area contributed by atoms with E-state index in [1.807, 2.05) is 57.7 Å². The monoisotopic (exact) mass is 1330 g/mol. The first-order chi connectivity index (χ1) is 38.3. The predicted molar refractivity (Wildman–Crippen MR) is 333 cm³/mol. The Morgan fingerprint density at radius 2 is 0.659 bits per heavy atom. The van der Waals surface area contributed by atoms with Crippen molar-refractivity contribution in [3.63, 3.8) is 0 Å². The smallest absolute Gasteiger partial charge is 0.195 e. The fourth-order valence-electron chi connectivity index (χ4n) is 11.1. The Morgan fingerprint density at radius 3 is 0.918 bits per heavy atom. The van der Waals surface area contributed by atoms with Gasteiger partial charge in [0, 0.05) is 70.6 Å². The second-order valence-electron chi connectivity index (χ2n) is 26.1. The summed E-state index contributed by atoms with van der Waals surface area (Å²) in [6.07, 6.45) is 0.283. The maximum absolute atomic E-state index is 16.4. The fraction of sp³-hybridized carbons (Fsp3) is 0.306. The van der Waals surface area contributed by atoms with Crippen molar-refractivity contribution in [2.45, 2.75) is 131 Å². The van der Waals surface area contributed by atoms with E-state index < -0.39 is 57.5 Å². The molecule has 0 atom stereocenters. The normalized spacial score (nSPS) is 12.2. The molecule has 85 heavy (non-hydrogen) atoms. The zero-order valence-electron chi connectivity index (χ0n) is 51.6. The molecule has 0 fully saturated rings. The van der Waals surface area contributed by atoms with E-state index in [-0.39, 0.29) is 122 Å². The van der Waals surface area contributed by atoms with Gasteiger partial charge in [0.1, 0.15) is 23.0 Å². The van der Waals surface area contributed by atoms with Crippen molar-refractivity contribution in [2.75, 3.05) is 13.2 Å². The molecule has 0 saturated carbocycles. The molecule has 0 aliphatic rings. The number of aromatic hydroxyl groups is 2. The van der Waals surface area contributed by atoms with Crippen LogP contribution in [0.5, 0.6) is 23.0 Å². The van der Waals surface area contributed by atoms with Crippen molar-refractivity contribution in [2.24, 2.45) is 0 Å². The summed E-state index contributed by atoms with van der Waals surface area (Å²) >= 11 is 0. The van der Waals surface area contributed by atoms with Crippen LogP contribution in [-0.2, 0) is 47.5 Å². The van der Waals surface area contributed by atoms with Gasteiger partial charge in [0.15, 0.2) is 34.9 Å². The number of phenols is 2. The van der Waals surface area contributed by atoms with Gasteiger partial charge in [-0.2, -0.15) is 0 Å². The second-order valence-corrected chi connectivity index (χ2v) is 26.1. The van der Waals surface area contributed by atoms with Gasteiger partial charge in [-0.05, 0) is 155 Å². The molecule has 2 heterocycles. The van der Waals surface area contributed by atoms with Crippen LogP contribution in [-0.4, -0.2) is 32.6 Å². The number of nitrogens with zero attached hydrogens (tertiary/aromatic N) is 2. The molecule has 8 aromatic carbocycles. The Kier molecular flexibility index (Phi) is 18.3. The molecule has 0 saturated heterocycles. The van der Waals surface area contributed by atoms with E-state index in [4.69, 9.17) is 9.47 Å². The number of phenolic OH excluding ortho intramolecular Hbond substituents is 2. The van der Waals surface area contributed by atoms with Crippen LogP contribution in [0.1, 0.15) is 129 Å². The Bertz CT molecular complexity index is 3810. The standard InChI is InChI=1S/C70H70F6N2O4.2CH3.Hf/c1-37-27-47(65(79)55(29-37)77-51-21-17-39(67(3,4)5)31-43(51)44-32-40(68(6,7)8)18-22-52(44)77)59-57(35-49(71)61(73)63(59)75)81-25-15-16-26-82-58-36-50(72)62(74)64(76)60(58)48-28-38(2)30-56(66(48)80)78-53-23-19-41(69(9,10)11)33-45(53)46-34-42(70(12,13)14)20-24-54(46)78;;;/h17-24,27-36,79-80H,15-16,25-26H2,1-14H3;2*1H3;/q;2*-1;. The number of halogens is 6. The van der Waals surface area contributed by atoms with Crippen LogP contribution in [0, 0.1) is 63.6 Å². The summed E-state index contributed by atoms with van der Waals surface area (Å²) in [6.45, 7) is 28.7. The van der Waals surface area contributed by atoms with Crippen molar-refractivity contribution in [1.29, 1.82) is 0 Å². The molecule has 6 nitrogen and oxygen atoms in total. The molecule has 0 aliphatic carbocycles. The molecule has 446 valence electrons. The summed E-state index contributed by atoms with van der Waals surface area (Å²) in [4.78, 5) is 0. The molecular weight excluding hydrogens is 1250 g/mol. The topological polar surface area (TPSA) is 68.8 Å². The summed E-state index contributed by atoms with van der Waals surface area (Å²) in [5.74, 6) is -11.2. The van der Waals surface area contributed by atoms with Crippen LogP contribution in [0.15, 0.2) is 109 Å². The first-order valence-corrected chi connectivity index (χ1v) is 27.8. The number of ether oxygens (including phenoxy) is 2. The van der Waals surface area contributed by atoms with Crippen molar-refractivity contribution in [1.82, 2.24) is 9.13 Å². The molecule has 0 radical (unpaired) electrons. The molecule has 2 N–H and O–H groups in total. The third-order valence-electron chi connectivity index (χ3n) is 15.8. The Hall–Kier alpha value is -6.99. The van der Waals surface area contributed by atoms with Gasteiger partial charge in [-0.1, -0.05) is 107 Å². The third kappa shape index (κ3) is 12.0. The van der Waals surface area contributed by atoms with Gasteiger partial charge in [0.25, 0.3) is 0 Å². The van der Waals surface area contributed by atoms with Crippen LogP contribution in [0.2, 0.25) is 0 Å². The van der Waals surface area contributed by atoms with E-state index in [2.05, 4.69) is 107 Å². The Morgan fingerprint density at radius 1 is 0.388 bits per heavy atom. The number of hydrogen-bond acceptors (Lipinski definition) is 4. The minimum Gasteiger partial charge on any atom is -0.505 e. The Labute approximate surface area is 515 Å². The van der Waals surface area contributed by atoms with Crippen LogP contribution in [0.4, 0.5) is 26.3 Å². The van der Waals surface area contributed by atoms with E-state index in [0.717, 1.165) is 78.0 Å². The number of fused-ring (bicyclic) bond motifs is 6. The zero-order valence-corrected chi connectivity index (χ0v) is 55.2. The van der Waals surface area contributed by atoms with Gasteiger partial charge >= 0.3 is 0 Å². The van der Waals surface area contributed by atoms with Crippen molar-refractivity contribution in [3.05, 3.63) is 192 Å². The summed E-state index contributed by atoms with van der Waals surface area (Å²) < 4.78 is 110. The maximum atomic E-state index is 16.4. The first-order valence-electron chi connectivity index (χ1n) is 27.8. The van der Waals surface area contributed by atoms with Crippen molar-refractivity contribution >= 4 is 43.6 Å². The number of rotatable bonds is 11. The fourth-order valence-corrected chi connectivity index (χ4v) is 11.1. The summed E-state index contributed by atoms with van der Waals surface area (Å²) in [7, 11) is 0. The largest absolute Gasteiger partial charge is 0.505 e. The third-order valence-corrected chi connectivity index (χ3v) is 15.8. The number of aryl methyl sites for hydroxylation is 2. The molecule has 0 spiro atoms.